The van der Waals surface area contributed by atoms with Crippen LogP contribution in [0.4, 0.5) is 5.69 Å². The van der Waals surface area contributed by atoms with Crippen molar-refractivity contribution >= 4 is 28.3 Å². The third kappa shape index (κ3) is 4.80. The molecule has 0 spiro atoms. The maximum atomic E-state index is 12.0. The van der Waals surface area contributed by atoms with Gasteiger partial charge in [-0.15, -0.1) is 0 Å². The second-order valence-electron chi connectivity index (χ2n) is 6.56. The number of anilines is 1. The van der Waals surface area contributed by atoms with E-state index in [0.717, 1.165) is 0 Å². The number of nitrogens with one attached hydrogen (secondary N) is 1. The van der Waals surface area contributed by atoms with Crippen molar-refractivity contribution in [2.75, 3.05) is 30.3 Å². The van der Waals surface area contributed by atoms with Crippen LogP contribution in [0.1, 0.15) is 27.2 Å². The molecule has 2 rings (SSSR count). The first kappa shape index (κ1) is 18.4. The van der Waals surface area contributed by atoms with Crippen LogP contribution in [0.25, 0.3) is 0 Å². The summed E-state index contributed by atoms with van der Waals surface area (Å²) in [5.41, 5.74) is 0.690. The summed E-state index contributed by atoms with van der Waals surface area (Å²) in [6.45, 7) is 6.39. The highest BCUT2D eigenvalue weighted by Gasteiger charge is 2.25. The molecule has 1 aliphatic rings. The molecule has 1 heterocycles. The molecule has 6 nitrogen and oxygen atoms in total. The summed E-state index contributed by atoms with van der Waals surface area (Å²) in [7, 11) is -0.993. The molecule has 2 amide bonds. The lowest BCUT2D eigenvalue weighted by atomic mass is 10.2. The number of benzene rings is 1. The van der Waals surface area contributed by atoms with Gasteiger partial charge >= 0.3 is 0 Å². The minimum absolute atomic E-state index is 0.0107. The van der Waals surface area contributed by atoms with E-state index >= 15 is 0 Å². The largest absolute Gasteiger partial charge is 0.482 e. The molecule has 0 radical (unpaired) electrons. The smallest absolute Gasteiger partial charge is 0.265 e. The number of carbonyl (C=O) groups excluding carboxylic acids is 2. The van der Waals surface area contributed by atoms with Crippen LogP contribution in [-0.2, 0) is 20.4 Å². The number of rotatable bonds is 6. The van der Waals surface area contributed by atoms with Gasteiger partial charge in [-0.25, -0.2) is 0 Å². The van der Waals surface area contributed by atoms with Crippen LogP contribution in [0.15, 0.2) is 24.3 Å². The van der Waals surface area contributed by atoms with E-state index in [9.17, 15) is 13.8 Å². The summed E-state index contributed by atoms with van der Waals surface area (Å²) >= 11 is 0. The molecule has 1 aromatic rings. The minimum atomic E-state index is -0.993. The molecule has 132 valence electrons. The first-order chi connectivity index (χ1) is 11.3. The van der Waals surface area contributed by atoms with Crippen molar-refractivity contribution < 1.29 is 18.5 Å². The third-order valence-electron chi connectivity index (χ3n) is 3.66. The van der Waals surface area contributed by atoms with Gasteiger partial charge in [-0.2, -0.15) is 0 Å². The van der Waals surface area contributed by atoms with Crippen LogP contribution in [0, 0.1) is 0 Å². The van der Waals surface area contributed by atoms with Crippen LogP contribution in [0.3, 0.4) is 0 Å². The third-order valence-corrected chi connectivity index (χ3v) is 5.60. The molecular weight excluding hydrogens is 328 g/mol. The Kier molecular flexibility index (Phi) is 5.99. The number of para-hydroxylation sites is 2. The highest BCUT2D eigenvalue weighted by Crippen LogP contribution is 2.31. The van der Waals surface area contributed by atoms with Crippen LogP contribution < -0.4 is 15.0 Å². The zero-order valence-electron chi connectivity index (χ0n) is 14.3. The molecule has 1 atom stereocenters. The lowest BCUT2D eigenvalue weighted by molar-refractivity contribution is -0.122. The van der Waals surface area contributed by atoms with E-state index in [1.165, 1.54) is 0 Å². The molecular formula is C17H24N2O4S. The molecule has 0 fully saturated rings. The quantitative estimate of drug-likeness (QED) is 0.841. The Labute approximate surface area is 145 Å². The summed E-state index contributed by atoms with van der Waals surface area (Å²) in [4.78, 5) is 25.5. The van der Waals surface area contributed by atoms with Crippen LogP contribution in [0.2, 0.25) is 0 Å². The van der Waals surface area contributed by atoms with Crippen molar-refractivity contribution in [1.29, 1.82) is 0 Å². The average molecular weight is 352 g/mol. The van der Waals surface area contributed by atoms with Crippen LogP contribution in [-0.4, -0.2) is 46.2 Å². The monoisotopic (exact) mass is 352 g/mol. The number of fused-ring (bicyclic) bond motifs is 1. The molecule has 24 heavy (non-hydrogen) atoms. The van der Waals surface area contributed by atoms with Gasteiger partial charge in [-0.1, -0.05) is 12.1 Å². The van der Waals surface area contributed by atoms with E-state index in [0.29, 0.717) is 30.3 Å². The fraction of sp³-hybridized carbons (Fsp3) is 0.529. The normalized spacial score (nSPS) is 15.5. The molecule has 0 bridgehead atoms. The highest BCUT2D eigenvalue weighted by molar-refractivity contribution is 7.86. The van der Waals surface area contributed by atoms with Gasteiger partial charge in [0.1, 0.15) is 5.75 Å². The average Bonchev–Trinajstić information content (AvgIpc) is 2.53. The van der Waals surface area contributed by atoms with E-state index < -0.39 is 10.8 Å². The zero-order valence-corrected chi connectivity index (χ0v) is 15.1. The lowest BCUT2D eigenvalue weighted by Crippen LogP contribution is -2.41. The molecule has 1 aliphatic heterocycles. The molecule has 0 aliphatic carbocycles. The summed E-state index contributed by atoms with van der Waals surface area (Å²) in [6, 6.07) is 7.28. The maximum Gasteiger partial charge on any atom is 0.265 e. The van der Waals surface area contributed by atoms with Crippen molar-refractivity contribution in [3.05, 3.63) is 24.3 Å². The Morgan fingerprint density at radius 1 is 1.33 bits per heavy atom. The fourth-order valence-electron chi connectivity index (χ4n) is 2.29. The molecule has 0 saturated carbocycles. The van der Waals surface area contributed by atoms with E-state index in [2.05, 4.69) is 5.32 Å². The van der Waals surface area contributed by atoms with Crippen molar-refractivity contribution in [2.24, 2.45) is 0 Å². The van der Waals surface area contributed by atoms with Gasteiger partial charge < -0.3 is 15.0 Å². The van der Waals surface area contributed by atoms with Gasteiger partial charge in [0.2, 0.25) is 5.91 Å². The number of carbonyl (C=O) groups is 2. The Bertz CT molecular complexity index is 640. The number of hydrogen-bond donors (Lipinski definition) is 1. The Hall–Kier alpha value is -1.89. The Balaban J connectivity index is 1.82. The second-order valence-corrected chi connectivity index (χ2v) is 8.89. The topological polar surface area (TPSA) is 75.7 Å². The lowest BCUT2D eigenvalue weighted by Gasteiger charge is -2.29. The number of amides is 2. The second kappa shape index (κ2) is 7.79. The standard InChI is InChI=1S/C17H24N2O4S/c1-17(2,3)24(22)11-9-18-15(20)8-10-19-13-6-4-5-7-14(13)23-12-16(19)21/h4-7H,8-12H2,1-3H3,(H,18,20). The first-order valence-electron chi connectivity index (χ1n) is 7.96. The number of nitrogens with zero attached hydrogens (tertiary/aromatic N) is 1. The molecule has 0 saturated heterocycles. The van der Waals surface area contributed by atoms with Crippen molar-refractivity contribution in [3.8, 4) is 5.75 Å². The van der Waals surface area contributed by atoms with Gasteiger partial charge in [0.05, 0.1) is 5.69 Å². The Morgan fingerprint density at radius 3 is 2.75 bits per heavy atom. The van der Waals surface area contributed by atoms with E-state index in [4.69, 9.17) is 4.74 Å². The summed E-state index contributed by atoms with van der Waals surface area (Å²) in [5, 5.41) is 2.76. The predicted molar refractivity (Wildman–Crippen MR) is 94.7 cm³/mol. The summed E-state index contributed by atoms with van der Waals surface area (Å²) in [5.74, 6) is 0.764. The van der Waals surface area contributed by atoms with Gasteiger partial charge in [-0.3, -0.25) is 13.8 Å². The molecule has 7 heteroatoms. The highest BCUT2D eigenvalue weighted by atomic mass is 32.2. The molecule has 0 aromatic heterocycles. The SMILES string of the molecule is CC(C)(C)S(=O)CCNC(=O)CCN1C(=O)COc2ccccc21. The zero-order chi connectivity index (χ0) is 17.7. The Morgan fingerprint density at radius 2 is 2.04 bits per heavy atom. The minimum Gasteiger partial charge on any atom is -0.482 e. The molecule has 1 aromatic carbocycles. The van der Waals surface area contributed by atoms with Gasteiger partial charge in [-0.05, 0) is 32.9 Å². The first-order valence-corrected chi connectivity index (χ1v) is 9.28. The van der Waals surface area contributed by atoms with Gasteiger partial charge in [0, 0.05) is 40.8 Å². The van der Waals surface area contributed by atoms with Crippen molar-refractivity contribution in [3.63, 3.8) is 0 Å². The summed E-state index contributed by atoms with van der Waals surface area (Å²) in [6.07, 6.45) is 0.197. The maximum absolute atomic E-state index is 12.0. The van der Waals surface area contributed by atoms with Gasteiger partial charge in [0.15, 0.2) is 6.61 Å². The number of ether oxygens (including phenoxy) is 1. The van der Waals surface area contributed by atoms with Gasteiger partial charge in [0.25, 0.3) is 5.91 Å². The predicted octanol–water partition coefficient (Wildman–Crippen LogP) is 1.47. The molecule has 1 N–H and O–H groups in total. The van der Waals surface area contributed by atoms with E-state index in [-0.39, 0.29) is 29.6 Å². The fourth-order valence-corrected chi connectivity index (χ4v) is 3.19. The summed E-state index contributed by atoms with van der Waals surface area (Å²) < 4.78 is 17.0. The van der Waals surface area contributed by atoms with E-state index in [1.807, 2.05) is 32.9 Å². The van der Waals surface area contributed by atoms with Crippen molar-refractivity contribution in [2.45, 2.75) is 31.9 Å². The molecule has 1 unspecified atom stereocenters. The van der Waals surface area contributed by atoms with Crippen LogP contribution >= 0.6 is 0 Å². The van der Waals surface area contributed by atoms with Crippen LogP contribution in [0.5, 0.6) is 5.75 Å². The van der Waals surface area contributed by atoms with E-state index in [1.54, 1.807) is 17.0 Å². The number of hydrogen-bond acceptors (Lipinski definition) is 4. The van der Waals surface area contributed by atoms with Crippen molar-refractivity contribution in [1.82, 2.24) is 5.32 Å².